The van der Waals surface area contributed by atoms with Gasteiger partial charge in [0.05, 0.1) is 0 Å². The van der Waals surface area contributed by atoms with Crippen molar-refractivity contribution in [2.75, 3.05) is 5.32 Å². The number of hydrogen-bond donors (Lipinski definition) is 1. The Morgan fingerprint density at radius 1 is 0.960 bits per heavy atom. The van der Waals surface area contributed by atoms with Gasteiger partial charge in [0.1, 0.15) is 11.6 Å². The summed E-state index contributed by atoms with van der Waals surface area (Å²) in [7, 11) is 0. The number of carbonyl (C=O) groups is 1. The van der Waals surface area contributed by atoms with E-state index in [4.69, 9.17) is 4.74 Å². The van der Waals surface area contributed by atoms with E-state index in [1.165, 1.54) is 24.3 Å². The van der Waals surface area contributed by atoms with Crippen LogP contribution in [0.3, 0.4) is 0 Å². The molecular weight excluding hydrogens is 321 g/mol. The number of ether oxygens (including phenoxy) is 1. The van der Waals surface area contributed by atoms with Crippen molar-refractivity contribution in [1.29, 1.82) is 0 Å². The van der Waals surface area contributed by atoms with E-state index in [0.29, 0.717) is 17.0 Å². The van der Waals surface area contributed by atoms with Crippen molar-refractivity contribution in [3.8, 4) is 11.8 Å². The number of hydrogen-bond acceptors (Lipinski definition) is 4. The average molecular weight is 337 g/mol. The molecule has 0 aliphatic rings. The first kappa shape index (κ1) is 16.6. The van der Waals surface area contributed by atoms with E-state index in [2.05, 4.69) is 15.3 Å². The summed E-state index contributed by atoms with van der Waals surface area (Å²) in [6, 6.07) is 14.3. The number of rotatable bonds is 4. The van der Waals surface area contributed by atoms with Crippen molar-refractivity contribution in [2.24, 2.45) is 0 Å². The highest BCUT2D eigenvalue weighted by atomic mass is 19.1. The van der Waals surface area contributed by atoms with Gasteiger partial charge in [0.15, 0.2) is 0 Å². The first-order chi connectivity index (χ1) is 12.0. The number of amides is 1. The Balaban J connectivity index is 1.67. The SMILES string of the molecule is Cc1cc(C)nc(Oc2ccc(NC(=O)c3ccc(F)cc3)cc2)n1. The molecule has 6 heteroatoms. The highest BCUT2D eigenvalue weighted by Crippen LogP contribution is 2.21. The molecule has 25 heavy (non-hydrogen) atoms. The summed E-state index contributed by atoms with van der Waals surface area (Å²) in [5.41, 5.74) is 2.63. The van der Waals surface area contributed by atoms with Crippen LogP contribution in [-0.4, -0.2) is 15.9 Å². The number of anilines is 1. The Kier molecular flexibility index (Phi) is 4.70. The Hall–Kier alpha value is -3.28. The monoisotopic (exact) mass is 337 g/mol. The highest BCUT2D eigenvalue weighted by Gasteiger charge is 2.07. The topological polar surface area (TPSA) is 64.1 Å². The molecule has 1 amide bonds. The highest BCUT2D eigenvalue weighted by molar-refractivity contribution is 6.04. The summed E-state index contributed by atoms with van der Waals surface area (Å²) in [5.74, 6) is -0.136. The fourth-order valence-corrected chi connectivity index (χ4v) is 2.26. The van der Waals surface area contributed by atoms with E-state index in [9.17, 15) is 9.18 Å². The van der Waals surface area contributed by atoms with Crippen molar-refractivity contribution in [3.05, 3.63) is 77.4 Å². The van der Waals surface area contributed by atoms with Crippen molar-refractivity contribution in [2.45, 2.75) is 13.8 Å². The van der Waals surface area contributed by atoms with Crippen LogP contribution in [0.15, 0.2) is 54.6 Å². The van der Waals surface area contributed by atoms with E-state index in [-0.39, 0.29) is 17.7 Å². The van der Waals surface area contributed by atoms with E-state index in [1.807, 2.05) is 19.9 Å². The van der Waals surface area contributed by atoms with Crippen LogP contribution >= 0.6 is 0 Å². The molecule has 0 saturated heterocycles. The molecule has 0 aliphatic carbocycles. The first-order valence-electron chi connectivity index (χ1n) is 7.67. The molecule has 0 aliphatic heterocycles. The van der Waals surface area contributed by atoms with E-state index >= 15 is 0 Å². The summed E-state index contributed by atoms with van der Waals surface area (Å²) in [4.78, 5) is 20.5. The molecule has 126 valence electrons. The summed E-state index contributed by atoms with van der Waals surface area (Å²) in [6.45, 7) is 3.74. The van der Waals surface area contributed by atoms with Crippen LogP contribution in [0.4, 0.5) is 10.1 Å². The van der Waals surface area contributed by atoms with Gasteiger partial charge in [-0.25, -0.2) is 14.4 Å². The Morgan fingerprint density at radius 2 is 1.56 bits per heavy atom. The van der Waals surface area contributed by atoms with E-state index in [0.717, 1.165) is 11.4 Å². The third-order valence-corrected chi connectivity index (χ3v) is 3.39. The Morgan fingerprint density at radius 3 is 2.16 bits per heavy atom. The van der Waals surface area contributed by atoms with Crippen LogP contribution in [0.1, 0.15) is 21.7 Å². The third kappa shape index (κ3) is 4.38. The number of aryl methyl sites for hydroxylation is 2. The normalized spacial score (nSPS) is 10.4. The summed E-state index contributed by atoms with van der Waals surface area (Å²) < 4.78 is 18.5. The molecule has 1 aromatic heterocycles. The van der Waals surface area contributed by atoms with Gasteiger partial charge in [-0.05, 0) is 68.4 Å². The summed E-state index contributed by atoms with van der Waals surface area (Å²) in [6.07, 6.45) is 0. The molecule has 2 aromatic carbocycles. The van der Waals surface area contributed by atoms with E-state index in [1.54, 1.807) is 24.3 Å². The molecule has 1 N–H and O–H groups in total. The van der Waals surface area contributed by atoms with Gasteiger partial charge in [0, 0.05) is 22.6 Å². The first-order valence-corrected chi connectivity index (χ1v) is 7.67. The van der Waals surface area contributed by atoms with Crippen LogP contribution in [0, 0.1) is 19.7 Å². The molecule has 1 heterocycles. The summed E-state index contributed by atoms with van der Waals surface area (Å²) in [5, 5.41) is 2.74. The van der Waals surface area contributed by atoms with E-state index < -0.39 is 0 Å². The quantitative estimate of drug-likeness (QED) is 0.772. The number of nitrogens with zero attached hydrogens (tertiary/aromatic N) is 2. The zero-order valence-corrected chi connectivity index (χ0v) is 13.8. The minimum atomic E-state index is -0.383. The third-order valence-electron chi connectivity index (χ3n) is 3.39. The molecule has 5 nitrogen and oxygen atoms in total. The lowest BCUT2D eigenvalue weighted by Crippen LogP contribution is -2.11. The molecule has 0 radical (unpaired) electrons. The molecule has 0 bridgehead atoms. The second-order valence-electron chi connectivity index (χ2n) is 5.52. The van der Waals surface area contributed by atoms with Crippen LogP contribution in [0.2, 0.25) is 0 Å². The predicted molar refractivity (Wildman–Crippen MR) is 92.4 cm³/mol. The minimum absolute atomic E-state index is 0.278. The largest absolute Gasteiger partial charge is 0.424 e. The maximum Gasteiger partial charge on any atom is 0.322 e. The van der Waals surface area contributed by atoms with Gasteiger partial charge < -0.3 is 10.1 Å². The summed E-state index contributed by atoms with van der Waals surface area (Å²) >= 11 is 0. The number of aromatic nitrogens is 2. The maximum absolute atomic E-state index is 12.9. The van der Waals surface area contributed by atoms with Crippen molar-refractivity contribution in [1.82, 2.24) is 9.97 Å². The molecule has 0 saturated carbocycles. The maximum atomic E-state index is 12.9. The van der Waals surface area contributed by atoms with Gasteiger partial charge in [-0.2, -0.15) is 0 Å². The minimum Gasteiger partial charge on any atom is -0.424 e. The molecule has 0 atom stereocenters. The number of nitrogens with one attached hydrogen (secondary N) is 1. The molecule has 0 fully saturated rings. The van der Waals surface area contributed by atoms with Crippen molar-refractivity contribution >= 4 is 11.6 Å². The lowest BCUT2D eigenvalue weighted by Gasteiger charge is -2.08. The van der Waals surface area contributed by atoms with Gasteiger partial charge in [-0.3, -0.25) is 4.79 Å². The van der Waals surface area contributed by atoms with Crippen LogP contribution in [0.25, 0.3) is 0 Å². The van der Waals surface area contributed by atoms with Gasteiger partial charge >= 0.3 is 6.01 Å². The number of benzene rings is 2. The molecule has 0 unspecified atom stereocenters. The molecular formula is C19H16FN3O2. The lowest BCUT2D eigenvalue weighted by atomic mass is 10.2. The molecule has 0 spiro atoms. The van der Waals surface area contributed by atoms with Crippen molar-refractivity contribution < 1.29 is 13.9 Å². The standard InChI is InChI=1S/C19H16FN3O2/c1-12-11-13(2)22-19(21-12)25-17-9-7-16(8-10-17)23-18(24)14-3-5-15(20)6-4-14/h3-11H,1-2H3,(H,23,24). The van der Waals surface area contributed by atoms with Crippen LogP contribution < -0.4 is 10.1 Å². The Bertz CT molecular complexity index is 873. The average Bonchev–Trinajstić information content (AvgIpc) is 2.56. The second kappa shape index (κ2) is 7.09. The van der Waals surface area contributed by atoms with Crippen molar-refractivity contribution in [3.63, 3.8) is 0 Å². The van der Waals surface area contributed by atoms with Crippen LogP contribution in [-0.2, 0) is 0 Å². The zero-order valence-electron chi connectivity index (χ0n) is 13.8. The number of carbonyl (C=O) groups excluding carboxylic acids is 1. The van der Waals surface area contributed by atoms with Gasteiger partial charge in [-0.15, -0.1) is 0 Å². The fourth-order valence-electron chi connectivity index (χ4n) is 2.26. The van der Waals surface area contributed by atoms with Gasteiger partial charge in [0.2, 0.25) is 0 Å². The second-order valence-corrected chi connectivity index (χ2v) is 5.52. The fraction of sp³-hybridized carbons (Fsp3) is 0.105. The smallest absolute Gasteiger partial charge is 0.322 e. The molecule has 3 rings (SSSR count). The molecule has 3 aromatic rings. The predicted octanol–water partition coefficient (Wildman–Crippen LogP) is 4.28. The number of halogens is 1. The zero-order chi connectivity index (χ0) is 17.8. The van der Waals surface area contributed by atoms with Crippen LogP contribution in [0.5, 0.6) is 11.8 Å². The van der Waals surface area contributed by atoms with Gasteiger partial charge in [0.25, 0.3) is 5.91 Å². The Labute approximate surface area is 144 Å². The van der Waals surface area contributed by atoms with Gasteiger partial charge in [-0.1, -0.05) is 0 Å². The lowest BCUT2D eigenvalue weighted by molar-refractivity contribution is 0.102.